The van der Waals surface area contributed by atoms with Crippen LogP contribution in [0.1, 0.15) is 5.56 Å². The highest BCUT2D eigenvalue weighted by Gasteiger charge is 2.10. The molecule has 0 aliphatic rings. The Balaban J connectivity index is 3.44. The maximum absolute atomic E-state index is 12.8. The van der Waals surface area contributed by atoms with Gasteiger partial charge in [-0.2, -0.15) is 5.26 Å². The van der Waals surface area contributed by atoms with Crippen LogP contribution in [0.15, 0.2) is 6.20 Å². The highest BCUT2D eigenvalue weighted by molar-refractivity contribution is 6.31. The van der Waals surface area contributed by atoms with Gasteiger partial charge in [-0.1, -0.05) is 11.6 Å². The average Bonchev–Trinajstić information content (AvgIpc) is 1.99. The van der Waals surface area contributed by atoms with E-state index in [-0.39, 0.29) is 16.4 Å². The number of aromatic nitrogens is 1. The highest BCUT2D eigenvalue weighted by Crippen LogP contribution is 2.19. The Hall–Kier alpha value is -1.34. The van der Waals surface area contributed by atoms with E-state index in [0.717, 1.165) is 6.20 Å². The molecule has 56 valence electrons. The Bertz CT molecular complexity index is 331. The molecule has 0 fully saturated rings. The van der Waals surface area contributed by atoms with Crippen LogP contribution in [-0.2, 0) is 0 Å². The van der Waals surface area contributed by atoms with Gasteiger partial charge in [0.2, 0.25) is 0 Å². The van der Waals surface area contributed by atoms with E-state index < -0.39 is 5.82 Å². The summed E-state index contributed by atoms with van der Waals surface area (Å²) in [6.45, 7) is 0. The van der Waals surface area contributed by atoms with E-state index in [4.69, 9.17) is 22.6 Å². The first-order valence-electron chi connectivity index (χ1n) is 2.66. The number of nitriles is 1. The number of hydrogen-bond acceptors (Lipinski definition) is 3. The van der Waals surface area contributed by atoms with Crippen molar-refractivity contribution < 1.29 is 4.39 Å². The van der Waals surface area contributed by atoms with Gasteiger partial charge in [-0.3, -0.25) is 0 Å². The third-order valence-electron chi connectivity index (χ3n) is 1.11. The number of nitrogen functional groups attached to an aromatic ring is 1. The summed E-state index contributed by atoms with van der Waals surface area (Å²) in [6.07, 6.45) is 1.14. The van der Waals surface area contributed by atoms with Crippen molar-refractivity contribution in [2.24, 2.45) is 0 Å². The normalized spacial score (nSPS) is 9.18. The van der Waals surface area contributed by atoms with Crippen molar-refractivity contribution in [3.8, 4) is 6.07 Å². The van der Waals surface area contributed by atoms with Crippen LogP contribution in [0.25, 0.3) is 0 Å². The van der Waals surface area contributed by atoms with Crippen molar-refractivity contribution in [1.29, 1.82) is 5.26 Å². The van der Waals surface area contributed by atoms with Crippen molar-refractivity contribution in [2.45, 2.75) is 0 Å². The molecule has 0 atom stereocenters. The van der Waals surface area contributed by atoms with Crippen molar-refractivity contribution >= 4 is 17.4 Å². The summed E-state index contributed by atoms with van der Waals surface area (Å²) in [5.74, 6) is -1.18. The number of hydrogen-bond donors (Lipinski definition) is 1. The second kappa shape index (κ2) is 2.72. The topological polar surface area (TPSA) is 62.7 Å². The van der Waals surface area contributed by atoms with E-state index in [2.05, 4.69) is 4.98 Å². The molecule has 1 aromatic rings. The van der Waals surface area contributed by atoms with Gasteiger partial charge in [0.05, 0.1) is 5.02 Å². The molecule has 0 aromatic carbocycles. The molecule has 0 radical (unpaired) electrons. The SMILES string of the molecule is N#Cc1c(Cl)cnc(N)c1F. The Morgan fingerprint density at radius 1 is 1.73 bits per heavy atom. The molecular weight excluding hydrogens is 169 g/mol. The van der Waals surface area contributed by atoms with Gasteiger partial charge in [-0.15, -0.1) is 0 Å². The van der Waals surface area contributed by atoms with Crippen molar-refractivity contribution in [3.63, 3.8) is 0 Å². The number of rotatable bonds is 0. The van der Waals surface area contributed by atoms with Crippen molar-refractivity contribution in [2.75, 3.05) is 5.73 Å². The number of pyridine rings is 1. The minimum atomic E-state index is -0.861. The third-order valence-corrected chi connectivity index (χ3v) is 1.40. The molecule has 11 heavy (non-hydrogen) atoms. The van der Waals surface area contributed by atoms with Crippen LogP contribution in [-0.4, -0.2) is 4.98 Å². The summed E-state index contributed by atoms with van der Waals surface area (Å²) in [5, 5.41) is 8.34. The smallest absolute Gasteiger partial charge is 0.184 e. The number of anilines is 1. The van der Waals surface area contributed by atoms with Gasteiger partial charge in [-0.25, -0.2) is 9.37 Å². The summed E-state index contributed by atoms with van der Waals surface area (Å²) in [6, 6.07) is 1.58. The number of halogens is 2. The molecule has 1 aromatic heterocycles. The standard InChI is InChI=1S/C6H3ClFN3/c7-4-2-11-6(10)5(8)3(4)1-9/h2H,(H2,10,11). The molecule has 3 nitrogen and oxygen atoms in total. The quantitative estimate of drug-likeness (QED) is 0.641. The summed E-state index contributed by atoms with van der Waals surface area (Å²) in [5.41, 5.74) is 4.80. The maximum atomic E-state index is 12.8. The Kier molecular flexibility index (Phi) is 1.92. The first-order chi connectivity index (χ1) is 5.16. The summed E-state index contributed by atoms with van der Waals surface area (Å²) < 4.78 is 12.8. The monoisotopic (exact) mass is 171 g/mol. The maximum Gasteiger partial charge on any atom is 0.184 e. The van der Waals surface area contributed by atoms with E-state index >= 15 is 0 Å². The van der Waals surface area contributed by atoms with E-state index in [1.807, 2.05) is 0 Å². The summed E-state index contributed by atoms with van der Waals surface area (Å²) in [4.78, 5) is 3.41. The molecule has 0 saturated heterocycles. The molecule has 0 bridgehead atoms. The van der Waals surface area contributed by atoms with Gasteiger partial charge in [0, 0.05) is 6.20 Å². The molecular formula is C6H3ClFN3. The Morgan fingerprint density at radius 2 is 2.36 bits per heavy atom. The number of nitrogens with zero attached hydrogens (tertiary/aromatic N) is 2. The zero-order chi connectivity index (χ0) is 8.43. The molecule has 0 aliphatic carbocycles. The van der Waals surface area contributed by atoms with Crippen molar-refractivity contribution in [1.82, 2.24) is 4.98 Å². The summed E-state index contributed by atoms with van der Waals surface area (Å²) in [7, 11) is 0. The van der Waals surface area contributed by atoms with Gasteiger partial charge in [0.25, 0.3) is 0 Å². The van der Waals surface area contributed by atoms with E-state index in [1.54, 1.807) is 6.07 Å². The second-order valence-electron chi connectivity index (χ2n) is 1.79. The minimum absolute atomic E-state index is 0.0285. The molecule has 0 aliphatic heterocycles. The molecule has 1 heterocycles. The number of nitrogens with two attached hydrogens (primary N) is 1. The van der Waals surface area contributed by atoms with E-state index in [0.29, 0.717) is 0 Å². The lowest BCUT2D eigenvalue weighted by Crippen LogP contribution is -1.97. The largest absolute Gasteiger partial charge is 0.381 e. The Labute approximate surface area is 67.2 Å². The zero-order valence-corrected chi connectivity index (χ0v) is 6.06. The molecule has 1 rings (SSSR count). The fourth-order valence-electron chi connectivity index (χ4n) is 0.583. The Morgan fingerprint density at radius 3 is 2.82 bits per heavy atom. The van der Waals surface area contributed by atoms with Crippen molar-refractivity contribution in [3.05, 3.63) is 22.6 Å². The predicted octanol–water partition coefficient (Wildman–Crippen LogP) is 1.33. The van der Waals surface area contributed by atoms with Crippen LogP contribution >= 0.6 is 11.6 Å². The fraction of sp³-hybridized carbons (Fsp3) is 0. The average molecular weight is 172 g/mol. The van der Waals surface area contributed by atoms with Gasteiger partial charge < -0.3 is 5.73 Å². The molecule has 5 heteroatoms. The van der Waals surface area contributed by atoms with E-state index in [9.17, 15) is 4.39 Å². The lowest BCUT2D eigenvalue weighted by molar-refractivity contribution is 0.623. The van der Waals surface area contributed by atoms with Crippen LogP contribution in [0, 0.1) is 17.1 Å². The highest BCUT2D eigenvalue weighted by atomic mass is 35.5. The van der Waals surface area contributed by atoms with Gasteiger partial charge in [0.1, 0.15) is 11.6 Å². The van der Waals surface area contributed by atoms with Crippen LogP contribution in [0.3, 0.4) is 0 Å². The van der Waals surface area contributed by atoms with Gasteiger partial charge in [0.15, 0.2) is 11.6 Å². The molecule has 0 spiro atoms. The van der Waals surface area contributed by atoms with Crippen LogP contribution in [0.2, 0.25) is 5.02 Å². The first kappa shape index (κ1) is 7.76. The zero-order valence-electron chi connectivity index (χ0n) is 5.31. The van der Waals surface area contributed by atoms with Crippen LogP contribution in [0.4, 0.5) is 10.2 Å². The molecule has 0 saturated carbocycles. The third kappa shape index (κ3) is 1.23. The molecule has 2 N–H and O–H groups in total. The van der Waals surface area contributed by atoms with E-state index in [1.165, 1.54) is 0 Å². The fourth-order valence-corrected chi connectivity index (χ4v) is 0.757. The van der Waals surface area contributed by atoms with Gasteiger partial charge in [-0.05, 0) is 0 Å². The molecule has 0 unspecified atom stereocenters. The van der Waals surface area contributed by atoms with Gasteiger partial charge >= 0.3 is 0 Å². The summed E-state index contributed by atoms with van der Waals surface area (Å²) >= 11 is 5.42. The predicted molar refractivity (Wildman–Crippen MR) is 38.3 cm³/mol. The lowest BCUT2D eigenvalue weighted by Gasteiger charge is -1.97. The second-order valence-corrected chi connectivity index (χ2v) is 2.20. The first-order valence-corrected chi connectivity index (χ1v) is 3.04. The minimum Gasteiger partial charge on any atom is -0.381 e. The molecule has 0 amide bonds. The van der Waals surface area contributed by atoms with Crippen LogP contribution < -0.4 is 5.73 Å². The lowest BCUT2D eigenvalue weighted by atomic mass is 10.3. The van der Waals surface area contributed by atoms with Crippen LogP contribution in [0.5, 0.6) is 0 Å².